The Labute approximate surface area is 228 Å². The molecule has 0 bridgehead atoms. The topological polar surface area (TPSA) is 147 Å². The number of rotatable bonds is 6. The molecule has 39 heavy (non-hydrogen) atoms. The average molecular weight is 568 g/mol. The normalized spacial score (nSPS) is 16.7. The van der Waals surface area contributed by atoms with Gasteiger partial charge < -0.3 is 24.7 Å². The summed E-state index contributed by atoms with van der Waals surface area (Å²) >= 11 is 7.59. The maximum atomic E-state index is 14.3. The number of halogens is 2. The van der Waals surface area contributed by atoms with E-state index in [0.717, 1.165) is 4.70 Å². The summed E-state index contributed by atoms with van der Waals surface area (Å²) in [5.41, 5.74) is 0.795. The van der Waals surface area contributed by atoms with E-state index in [2.05, 4.69) is 30.3 Å². The summed E-state index contributed by atoms with van der Waals surface area (Å²) in [7, 11) is 0. The molecule has 6 rings (SSSR count). The van der Waals surface area contributed by atoms with Crippen molar-refractivity contribution in [1.82, 2.24) is 29.5 Å². The third kappa shape index (κ3) is 4.76. The van der Waals surface area contributed by atoms with Crippen LogP contribution in [-0.4, -0.2) is 42.1 Å². The fourth-order valence-corrected chi connectivity index (χ4v) is 5.47. The summed E-state index contributed by atoms with van der Waals surface area (Å²) in [6, 6.07) is 10.2. The predicted molar refractivity (Wildman–Crippen MR) is 140 cm³/mol. The Morgan fingerprint density at radius 2 is 2.10 bits per heavy atom. The maximum absolute atomic E-state index is 14.3. The van der Waals surface area contributed by atoms with Crippen molar-refractivity contribution in [2.45, 2.75) is 25.4 Å². The fraction of sp³-hybridized carbons (Fsp3) is 0.160. The Morgan fingerprint density at radius 1 is 1.26 bits per heavy atom. The molecule has 0 saturated heterocycles. The van der Waals surface area contributed by atoms with Crippen LogP contribution >= 0.6 is 23.1 Å². The van der Waals surface area contributed by atoms with Crippen LogP contribution in [0.2, 0.25) is 5.02 Å². The zero-order valence-electron chi connectivity index (χ0n) is 19.9. The predicted octanol–water partition coefficient (Wildman–Crippen LogP) is 3.47. The van der Waals surface area contributed by atoms with E-state index in [0.29, 0.717) is 22.4 Å². The van der Waals surface area contributed by atoms with Gasteiger partial charge in [0.2, 0.25) is 5.82 Å². The molecule has 11 nitrogen and oxygen atoms in total. The van der Waals surface area contributed by atoms with Gasteiger partial charge in [0.25, 0.3) is 11.8 Å². The minimum Gasteiger partial charge on any atom is -0.447 e. The first-order valence-electron chi connectivity index (χ1n) is 11.7. The third-order valence-corrected chi connectivity index (χ3v) is 7.37. The molecule has 0 spiro atoms. The zero-order chi connectivity index (χ0) is 27.1. The van der Waals surface area contributed by atoms with Gasteiger partial charge in [0.05, 0.1) is 35.7 Å². The number of nitrogens with one attached hydrogen (secondary N) is 3. The van der Waals surface area contributed by atoms with Gasteiger partial charge in [-0.2, -0.15) is 4.37 Å². The van der Waals surface area contributed by atoms with E-state index in [1.807, 2.05) is 12.1 Å². The number of carbonyl (C=O) groups is 2. The molecule has 0 aliphatic carbocycles. The molecule has 2 amide bonds. The summed E-state index contributed by atoms with van der Waals surface area (Å²) < 4.78 is 26.0. The van der Waals surface area contributed by atoms with E-state index < -0.39 is 29.9 Å². The molecule has 5 aromatic rings. The molecular weight excluding hydrogens is 549 g/mol. The van der Waals surface area contributed by atoms with Crippen LogP contribution in [0.15, 0.2) is 59.5 Å². The number of fused-ring (bicyclic) bond motifs is 2. The largest absolute Gasteiger partial charge is 0.447 e. The second-order valence-corrected chi connectivity index (χ2v) is 9.91. The van der Waals surface area contributed by atoms with Gasteiger partial charge in [-0.05, 0) is 41.4 Å². The van der Waals surface area contributed by atoms with Gasteiger partial charge >= 0.3 is 0 Å². The number of amides is 2. The number of hydrogen-bond donors (Lipinski definition) is 4. The van der Waals surface area contributed by atoms with E-state index in [1.54, 1.807) is 12.1 Å². The number of nitrogens with zero attached hydrogens (tertiary/aromatic N) is 4. The highest BCUT2D eigenvalue weighted by Gasteiger charge is 2.36. The molecule has 2 unspecified atom stereocenters. The number of hydrogen-bond acceptors (Lipinski definition) is 9. The molecule has 0 saturated carbocycles. The summed E-state index contributed by atoms with van der Waals surface area (Å²) in [6.07, 6.45) is 1.56. The van der Waals surface area contributed by atoms with Crippen molar-refractivity contribution in [3.8, 4) is 0 Å². The first-order chi connectivity index (χ1) is 18.9. The third-order valence-electron chi connectivity index (χ3n) is 6.20. The highest BCUT2D eigenvalue weighted by atomic mass is 35.5. The second-order valence-electron chi connectivity index (χ2n) is 8.69. The molecule has 0 radical (unpaired) electrons. The molecular formula is C25H19ClFN7O4S. The standard InChI is InChI=1S/C25H19ClFN7O4S/c26-16-6-5-12(27)7-15(16)19-21-22(32-24(36)20-14-3-1-2-4-17(14)39-33-20)31-23(34(21)10-18(35)30-19)25(37)29-9-13-8-28-11-38-13/h1-8,11,18-19,30,35H,9-10H2,(H,29,37)(H,32,36). The summed E-state index contributed by atoms with van der Waals surface area (Å²) in [5, 5.41) is 19.9. The van der Waals surface area contributed by atoms with Crippen molar-refractivity contribution in [1.29, 1.82) is 0 Å². The van der Waals surface area contributed by atoms with Crippen LogP contribution in [0.1, 0.15) is 44.2 Å². The summed E-state index contributed by atoms with van der Waals surface area (Å²) in [5.74, 6) is -1.31. The SMILES string of the molecule is O=C(Nc1nc(C(=O)NCc2cnco2)n2c1C(c1cc(F)ccc1Cl)NC(O)C2)c1nsc2ccccc12. The first-order valence-corrected chi connectivity index (χ1v) is 12.8. The number of anilines is 1. The molecule has 0 fully saturated rings. The number of aliphatic hydroxyl groups is 1. The summed E-state index contributed by atoms with van der Waals surface area (Å²) in [6.45, 7) is -0.0418. The van der Waals surface area contributed by atoms with Gasteiger partial charge in [0.15, 0.2) is 12.2 Å². The molecule has 14 heteroatoms. The van der Waals surface area contributed by atoms with E-state index >= 15 is 0 Å². The lowest BCUT2D eigenvalue weighted by atomic mass is 10.0. The van der Waals surface area contributed by atoms with E-state index in [-0.39, 0.29) is 35.4 Å². The number of aliphatic hydroxyl groups excluding tert-OH is 1. The average Bonchev–Trinajstić information content (AvgIpc) is 3.67. The first kappa shape index (κ1) is 25.1. The minimum absolute atomic E-state index is 0.0339. The molecule has 198 valence electrons. The van der Waals surface area contributed by atoms with Crippen LogP contribution in [0.4, 0.5) is 10.2 Å². The lowest BCUT2D eigenvalue weighted by molar-refractivity contribution is 0.0844. The smallest absolute Gasteiger partial charge is 0.287 e. The highest BCUT2D eigenvalue weighted by molar-refractivity contribution is 7.13. The van der Waals surface area contributed by atoms with Crippen LogP contribution in [-0.2, 0) is 13.1 Å². The second kappa shape index (κ2) is 10.2. The van der Waals surface area contributed by atoms with E-state index in [9.17, 15) is 19.1 Å². The number of oxazole rings is 1. The lowest BCUT2D eigenvalue weighted by Gasteiger charge is -2.31. The van der Waals surface area contributed by atoms with Crippen LogP contribution in [0.25, 0.3) is 10.1 Å². The fourth-order valence-electron chi connectivity index (χ4n) is 4.47. The number of carbonyl (C=O) groups excluding carboxylic acids is 2. The van der Waals surface area contributed by atoms with Crippen LogP contribution in [0.3, 0.4) is 0 Å². The van der Waals surface area contributed by atoms with Crippen LogP contribution in [0.5, 0.6) is 0 Å². The molecule has 2 aromatic carbocycles. The van der Waals surface area contributed by atoms with Crippen molar-refractivity contribution < 1.29 is 23.5 Å². The van der Waals surface area contributed by atoms with Gasteiger partial charge in [0, 0.05) is 10.4 Å². The van der Waals surface area contributed by atoms with E-state index in [1.165, 1.54) is 46.9 Å². The van der Waals surface area contributed by atoms with Crippen molar-refractivity contribution in [2.24, 2.45) is 0 Å². The van der Waals surface area contributed by atoms with Gasteiger partial charge in [-0.15, -0.1) is 0 Å². The van der Waals surface area contributed by atoms with Crippen molar-refractivity contribution in [2.75, 3.05) is 5.32 Å². The Morgan fingerprint density at radius 3 is 2.92 bits per heavy atom. The van der Waals surface area contributed by atoms with E-state index in [4.69, 9.17) is 16.0 Å². The monoisotopic (exact) mass is 567 g/mol. The van der Waals surface area contributed by atoms with Gasteiger partial charge in [-0.3, -0.25) is 14.9 Å². The maximum Gasteiger partial charge on any atom is 0.287 e. The lowest BCUT2D eigenvalue weighted by Crippen LogP contribution is -2.44. The Bertz CT molecular complexity index is 1700. The number of imidazole rings is 1. The molecule has 2 atom stereocenters. The molecule has 1 aliphatic heterocycles. The van der Waals surface area contributed by atoms with Gasteiger partial charge in [0.1, 0.15) is 23.5 Å². The van der Waals surface area contributed by atoms with Crippen molar-refractivity contribution in [3.05, 3.63) is 94.4 Å². The molecule has 4 N–H and O–H groups in total. The van der Waals surface area contributed by atoms with Crippen molar-refractivity contribution >= 4 is 50.9 Å². The highest BCUT2D eigenvalue weighted by Crippen LogP contribution is 2.37. The zero-order valence-corrected chi connectivity index (χ0v) is 21.5. The quantitative estimate of drug-likeness (QED) is 0.244. The Kier molecular flexibility index (Phi) is 6.56. The minimum atomic E-state index is -1.14. The van der Waals surface area contributed by atoms with Crippen LogP contribution < -0.4 is 16.0 Å². The molecule has 1 aliphatic rings. The van der Waals surface area contributed by atoms with Crippen LogP contribution in [0, 0.1) is 5.82 Å². The van der Waals surface area contributed by atoms with Gasteiger partial charge in [-0.1, -0.05) is 29.8 Å². The Hall–Kier alpha value is -4.17. The molecule has 4 heterocycles. The number of aromatic nitrogens is 4. The molecule has 3 aromatic heterocycles. The number of benzene rings is 2. The summed E-state index contributed by atoms with van der Waals surface area (Å²) in [4.78, 5) is 34.9. The van der Waals surface area contributed by atoms with Crippen molar-refractivity contribution in [3.63, 3.8) is 0 Å². The Balaban J connectivity index is 1.43. The van der Waals surface area contributed by atoms with Gasteiger partial charge in [-0.25, -0.2) is 14.4 Å².